The van der Waals surface area contributed by atoms with Gasteiger partial charge in [0, 0.05) is 12.1 Å². The molecule has 19 heavy (non-hydrogen) atoms. The smallest absolute Gasteiger partial charge is 0.341 e. The van der Waals surface area contributed by atoms with Crippen LogP contribution in [-0.4, -0.2) is 27.7 Å². The molecule has 5 nitrogen and oxygen atoms in total. The van der Waals surface area contributed by atoms with Crippen LogP contribution in [0.5, 0.6) is 0 Å². The highest BCUT2D eigenvalue weighted by molar-refractivity contribution is 5.95. The molecule has 0 atom stereocenters. The lowest BCUT2D eigenvalue weighted by Crippen LogP contribution is -2.09. The molecule has 0 aliphatic heterocycles. The molecule has 1 aliphatic rings. The van der Waals surface area contributed by atoms with E-state index in [0.29, 0.717) is 17.1 Å². The number of pyridine rings is 1. The highest BCUT2D eigenvalue weighted by Gasteiger charge is 2.22. The second-order valence-electron chi connectivity index (χ2n) is 5.00. The number of esters is 1. The van der Waals surface area contributed by atoms with E-state index >= 15 is 0 Å². The summed E-state index contributed by atoms with van der Waals surface area (Å²) in [6.45, 7) is 0. The topological polar surface area (TPSA) is 56.5 Å². The zero-order valence-electron chi connectivity index (χ0n) is 11.0. The van der Waals surface area contributed by atoms with E-state index in [2.05, 4.69) is 10.2 Å². The maximum Gasteiger partial charge on any atom is 0.341 e. The first-order valence-electron chi connectivity index (χ1n) is 6.73. The summed E-state index contributed by atoms with van der Waals surface area (Å²) < 4.78 is 6.71. The average Bonchev–Trinajstić information content (AvgIpc) is 2.91. The van der Waals surface area contributed by atoms with E-state index in [0.717, 1.165) is 18.7 Å². The zero-order valence-corrected chi connectivity index (χ0v) is 11.0. The molecule has 2 aromatic heterocycles. The third kappa shape index (κ3) is 2.09. The lowest BCUT2D eigenvalue weighted by atomic mass is 9.89. The Hall–Kier alpha value is -1.91. The molecule has 0 saturated heterocycles. The van der Waals surface area contributed by atoms with Crippen LogP contribution in [0.2, 0.25) is 0 Å². The first-order valence-corrected chi connectivity index (χ1v) is 6.73. The normalized spacial score (nSPS) is 16.7. The molecule has 0 aromatic carbocycles. The molecule has 3 rings (SSSR count). The Kier molecular flexibility index (Phi) is 3.19. The Morgan fingerprint density at radius 2 is 2.11 bits per heavy atom. The number of hydrogen-bond acceptors (Lipinski definition) is 4. The monoisotopic (exact) mass is 259 g/mol. The van der Waals surface area contributed by atoms with Crippen LogP contribution in [0.4, 0.5) is 0 Å². The van der Waals surface area contributed by atoms with Crippen LogP contribution in [0.1, 0.15) is 54.2 Å². The maximum absolute atomic E-state index is 11.7. The molecule has 0 amide bonds. The minimum absolute atomic E-state index is 0.367. The Morgan fingerprint density at radius 3 is 2.84 bits per heavy atom. The van der Waals surface area contributed by atoms with E-state index in [1.165, 1.54) is 26.4 Å². The van der Waals surface area contributed by atoms with Gasteiger partial charge in [-0.1, -0.05) is 19.3 Å². The van der Waals surface area contributed by atoms with Crippen LogP contribution < -0.4 is 0 Å². The van der Waals surface area contributed by atoms with Gasteiger partial charge in [-0.15, -0.1) is 10.2 Å². The van der Waals surface area contributed by atoms with Crippen molar-refractivity contribution in [3.8, 4) is 0 Å². The summed E-state index contributed by atoms with van der Waals surface area (Å²) in [5.74, 6) is 1.06. The lowest BCUT2D eigenvalue weighted by Gasteiger charge is -2.19. The number of hydrogen-bond donors (Lipinski definition) is 0. The molecule has 2 aromatic rings. The van der Waals surface area contributed by atoms with Crippen LogP contribution in [0.25, 0.3) is 5.65 Å². The third-order valence-corrected chi connectivity index (χ3v) is 3.84. The Bertz CT molecular complexity index is 600. The Balaban J connectivity index is 2.05. The summed E-state index contributed by atoms with van der Waals surface area (Å²) in [5.41, 5.74) is 1.06. The van der Waals surface area contributed by atoms with E-state index in [4.69, 9.17) is 4.74 Å². The van der Waals surface area contributed by atoms with Crippen molar-refractivity contribution in [3.05, 3.63) is 29.7 Å². The molecular weight excluding hydrogens is 242 g/mol. The molecule has 1 saturated carbocycles. The van der Waals surface area contributed by atoms with Gasteiger partial charge in [-0.2, -0.15) is 0 Å². The number of fused-ring (bicyclic) bond motifs is 1. The van der Waals surface area contributed by atoms with Crippen molar-refractivity contribution in [2.75, 3.05) is 7.11 Å². The SMILES string of the molecule is COC(=O)c1cccn2c(C3CCCCC3)nnc12. The zero-order chi connectivity index (χ0) is 13.2. The van der Waals surface area contributed by atoms with Gasteiger partial charge in [0.2, 0.25) is 0 Å². The molecule has 5 heteroatoms. The second kappa shape index (κ2) is 4.99. The predicted molar refractivity (Wildman–Crippen MR) is 70.2 cm³/mol. The lowest BCUT2D eigenvalue weighted by molar-refractivity contribution is 0.0602. The number of methoxy groups -OCH3 is 1. The summed E-state index contributed by atoms with van der Waals surface area (Å²) in [5, 5.41) is 8.48. The summed E-state index contributed by atoms with van der Waals surface area (Å²) in [6.07, 6.45) is 8.03. The van der Waals surface area contributed by atoms with Gasteiger partial charge in [-0.05, 0) is 25.0 Å². The number of aromatic nitrogens is 3. The van der Waals surface area contributed by atoms with Crippen molar-refractivity contribution < 1.29 is 9.53 Å². The number of nitrogens with zero attached hydrogens (tertiary/aromatic N) is 3. The van der Waals surface area contributed by atoms with Gasteiger partial charge in [0.15, 0.2) is 5.65 Å². The van der Waals surface area contributed by atoms with Crippen LogP contribution >= 0.6 is 0 Å². The molecule has 0 bridgehead atoms. The Labute approximate surface area is 111 Å². The number of carbonyl (C=O) groups excluding carboxylic acids is 1. The first kappa shape index (κ1) is 12.1. The molecule has 0 spiro atoms. The van der Waals surface area contributed by atoms with Crippen molar-refractivity contribution in [2.45, 2.75) is 38.0 Å². The number of ether oxygens (including phenoxy) is 1. The molecule has 0 N–H and O–H groups in total. The fraction of sp³-hybridized carbons (Fsp3) is 0.500. The highest BCUT2D eigenvalue weighted by Crippen LogP contribution is 2.31. The number of carbonyl (C=O) groups is 1. The molecule has 1 fully saturated rings. The van der Waals surface area contributed by atoms with Gasteiger partial charge >= 0.3 is 5.97 Å². The van der Waals surface area contributed by atoms with E-state index in [-0.39, 0.29) is 5.97 Å². The van der Waals surface area contributed by atoms with Crippen molar-refractivity contribution in [1.82, 2.24) is 14.6 Å². The van der Waals surface area contributed by atoms with Gasteiger partial charge in [0.25, 0.3) is 0 Å². The molecule has 1 aliphatic carbocycles. The number of rotatable bonds is 2. The molecule has 100 valence electrons. The van der Waals surface area contributed by atoms with E-state index in [1.807, 2.05) is 16.7 Å². The van der Waals surface area contributed by atoms with Gasteiger partial charge in [0.1, 0.15) is 11.4 Å². The van der Waals surface area contributed by atoms with E-state index < -0.39 is 0 Å². The van der Waals surface area contributed by atoms with Crippen LogP contribution in [0.3, 0.4) is 0 Å². The fourth-order valence-electron chi connectivity index (χ4n) is 2.84. The van der Waals surface area contributed by atoms with Crippen LogP contribution in [-0.2, 0) is 4.74 Å². The second-order valence-corrected chi connectivity index (χ2v) is 5.00. The van der Waals surface area contributed by atoms with Crippen molar-refractivity contribution in [1.29, 1.82) is 0 Å². The molecule has 0 radical (unpaired) electrons. The minimum Gasteiger partial charge on any atom is -0.465 e. The third-order valence-electron chi connectivity index (χ3n) is 3.84. The predicted octanol–water partition coefficient (Wildman–Crippen LogP) is 2.56. The first-order chi connectivity index (χ1) is 9.31. The highest BCUT2D eigenvalue weighted by atomic mass is 16.5. The molecule has 0 unspecified atom stereocenters. The van der Waals surface area contributed by atoms with Crippen molar-refractivity contribution in [3.63, 3.8) is 0 Å². The standard InChI is InChI=1S/C14H17N3O2/c1-19-14(18)11-8-5-9-17-12(15-16-13(11)17)10-6-3-2-4-7-10/h5,8-10H,2-4,6-7H2,1H3. The van der Waals surface area contributed by atoms with Gasteiger partial charge < -0.3 is 4.74 Å². The van der Waals surface area contributed by atoms with Gasteiger partial charge in [0.05, 0.1) is 7.11 Å². The summed E-state index contributed by atoms with van der Waals surface area (Å²) in [7, 11) is 1.38. The quantitative estimate of drug-likeness (QED) is 0.778. The summed E-state index contributed by atoms with van der Waals surface area (Å²) in [4.78, 5) is 11.7. The minimum atomic E-state index is -0.367. The maximum atomic E-state index is 11.7. The Morgan fingerprint density at radius 1 is 1.32 bits per heavy atom. The molecular formula is C14H17N3O2. The summed E-state index contributed by atoms with van der Waals surface area (Å²) in [6, 6.07) is 3.56. The van der Waals surface area contributed by atoms with Crippen LogP contribution in [0, 0.1) is 0 Å². The van der Waals surface area contributed by atoms with Gasteiger partial charge in [-0.25, -0.2) is 4.79 Å². The van der Waals surface area contributed by atoms with Crippen molar-refractivity contribution in [2.24, 2.45) is 0 Å². The van der Waals surface area contributed by atoms with Crippen molar-refractivity contribution >= 4 is 11.6 Å². The average molecular weight is 259 g/mol. The van der Waals surface area contributed by atoms with Gasteiger partial charge in [-0.3, -0.25) is 4.40 Å². The fourth-order valence-corrected chi connectivity index (χ4v) is 2.84. The largest absolute Gasteiger partial charge is 0.465 e. The van der Waals surface area contributed by atoms with E-state index in [9.17, 15) is 4.79 Å². The van der Waals surface area contributed by atoms with E-state index in [1.54, 1.807) is 6.07 Å². The molecule has 2 heterocycles. The summed E-state index contributed by atoms with van der Waals surface area (Å²) >= 11 is 0. The van der Waals surface area contributed by atoms with Crippen LogP contribution in [0.15, 0.2) is 18.3 Å².